The minimum Gasteiger partial charge on any atom is -0.481 e. The summed E-state index contributed by atoms with van der Waals surface area (Å²) in [5.41, 5.74) is 0.897. The average Bonchev–Trinajstić information content (AvgIpc) is 3.02. The number of rotatable bonds is 9. The number of nitrogens with one attached hydrogen (secondary N) is 2. The number of hydrogen-bond acceptors (Lipinski definition) is 6. The summed E-state index contributed by atoms with van der Waals surface area (Å²) in [5, 5.41) is 11.5. The van der Waals surface area contributed by atoms with Crippen LogP contribution in [-0.4, -0.2) is 36.4 Å². The van der Waals surface area contributed by atoms with Gasteiger partial charge in [-0.3, -0.25) is 9.59 Å². The summed E-state index contributed by atoms with van der Waals surface area (Å²) in [5.74, 6) is -1.34. The fourth-order valence-electron chi connectivity index (χ4n) is 2.27. The van der Waals surface area contributed by atoms with Crippen LogP contribution in [0.25, 0.3) is 0 Å². The molecule has 0 fully saturated rings. The van der Waals surface area contributed by atoms with Gasteiger partial charge in [-0.05, 0) is 18.4 Å². The van der Waals surface area contributed by atoms with Crippen LogP contribution >= 0.6 is 11.3 Å². The minimum atomic E-state index is -3.88. The second-order valence-corrected chi connectivity index (χ2v) is 8.58. The third-order valence-electron chi connectivity index (χ3n) is 3.39. The van der Waals surface area contributed by atoms with E-state index in [2.05, 4.69) is 15.0 Å². The molecule has 140 valence electrons. The molecule has 0 radical (unpaired) electrons. The van der Waals surface area contributed by atoms with E-state index >= 15 is 0 Å². The molecule has 0 aliphatic carbocycles. The van der Waals surface area contributed by atoms with E-state index in [4.69, 9.17) is 5.11 Å². The Morgan fingerprint density at radius 3 is 2.58 bits per heavy atom. The lowest BCUT2D eigenvalue weighted by molar-refractivity contribution is -0.137. The molecule has 0 spiro atoms. The molecule has 1 atom stereocenters. The molecule has 8 nitrogen and oxygen atoms in total. The molecule has 10 heteroatoms. The van der Waals surface area contributed by atoms with Crippen LogP contribution in [0.15, 0.2) is 40.7 Å². The van der Waals surface area contributed by atoms with E-state index in [1.165, 1.54) is 6.92 Å². The lowest BCUT2D eigenvalue weighted by atomic mass is 10.0. The fourth-order valence-corrected chi connectivity index (χ4v) is 4.63. The topological polar surface area (TPSA) is 125 Å². The van der Waals surface area contributed by atoms with Gasteiger partial charge in [-0.1, -0.05) is 41.7 Å². The van der Waals surface area contributed by atoms with E-state index in [1.54, 1.807) is 0 Å². The van der Waals surface area contributed by atoms with E-state index in [1.807, 2.05) is 30.3 Å². The summed E-state index contributed by atoms with van der Waals surface area (Å²) < 4.78 is 27.7. The number of nitrogens with zero attached hydrogens (tertiary/aromatic N) is 1. The number of benzene rings is 1. The van der Waals surface area contributed by atoms with Crippen molar-refractivity contribution >= 4 is 38.4 Å². The molecule has 0 bridgehead atoms. The molecule has 3 N–H and O–H groups in total. The first-order chi connectivity index (χ1) is 12.3. The number of amides is 1. The molecule has 1 aromatic carbocycles. The number of hydrogen-bond donors (Lipinski definition) is 3. The van der Waals surface area contributed by atoms with E-state index in [0.29, 0.717) is 6.42 Å². The lowest BCUT2D eigenvalue weighted by Gasteiger charge is -2.17. The van der Waals surface area contributed by atoms with Crippen LogP contribution in [0.3, 0.4) is 0 Å². The Morgan fingerprint density at radius 2 is 1.96 bits per heavy atom. The number of aromatic nitrogens is 1. The molecule has 2 aromatic rings. The van der Waals surface area contributed by atoms with Crippen molar-refractivity contribution in [3.05, 3.63) is 42.1 Å². The quantitative estimate of drug-likeness (QED) is 0.593. The van der Waals surface area contributed by atoms with Gasteiger partial charge in [-0.15, -0.1) is 0 Å². The minimum absolute atomic E-state index is 0.0466. The van der Waals surface area contributed by atoms with Gasteiger partial charge in [0.1, 0.15) is 0 Å². The first kappa shape index (κ1) is 20.0. The molecule has 0 saturated heterocycles. The van der Waals surface area contributed by atoms with Crippen LogP contribution in [0, 0.1) is 0 Å². The summed E-state index contributed by atoms with van der Waals surface area (Å²) in [4.78, 5) is 25.8. The van der Waals surface area contributed by atoms with Crippen molar-refractivity contribution in [1.29, 1.82) is 0 Å². The summed E-state index contributed by atoms with van der Waals surface area (Å²) >= 11 is 0.831. The van der Waals surface area contributed by atoms with Crippen LogP contribution in [0.2, 0.25) is 0 Å². The molecule has 0 aliphatic heterocycles. The molecule has 0 aliphatic rings. The summed E-state index contributed by atoms with van der Waals surface area (Å²) in [6.45, 7) is 1.30. The number of anilines is 1. The van der Waals surface area contributed by atoms with Crippen LogP contribution in [0.1, 0.15) is 25.3 Å². The number of aliphatic carboxylic acids is 1. The van der Waals surface area contributed by atoms with Gasteiger partial charge in [0.15, 0.2) is 9.34 Å². The standard InChI is InChI=1S/C16H19N3O5S2/c1-11(20)18-16-17-10-15(25-16)26(23,24)19-13(7-8-14(21)22)9-12-5-3-2-4-6-12/h2-6,10,13,19H,7-9H2,1H3,(H,21,22)(H,17,18,20). The van der Waals surface area contributed by atoms with Crippen LogP contribution < -0.4 is 10.0 Å². The number of thiazole rings is 1. The number of carboxylic acid groups (broad SMARTS) is 1. The van der Waals surface area contributed by atoms with Gasteiger partial charge in [0.2, 0.25) is 5.91 Å². The third kappa shape index (κ3) is 6.21. The second-order valence-electron chi connectivity index (χ2n) is 5.61. The first-order valence-electron chi connectivity index (χ1n) is 7.78. The van der Waals surface area contributed by atoms with Gasteiger partial charge >= 0.3 is 5.97 Å². The molecule has 2 rings (SSSR count). The van der Waals surface area contributed by atoms with Gasteiger partial charge in [0, 0.05) is 19.4 Å². The highest BCUT2D eigenvalue weighted by molar-refractivity contribution is 7.91. The zero-order chi connectivity index (χ0) is 19.2. The van der Waals surface area contributed by atoms with Gasteiger partial charge in [0.05, 0.1) is 6.20 Å². The molecule has 1 aromatic heterocycles. The highest BCUT2D eigenvalue weighted by Crippen LogP contribution is 2.23. The Morgan fingerprint density at radius 1 is 1.27 bits per heavy atom. The average molecular weight is 397 g/mol. The maximum atomic E-state index is 12.6. The van der Waals surface area contributed by atoms with Crippen molar-refractivity contribution < 1.29 is 23.1 Å². The molecular formula is C16H19N3O5S2. The fraction of sp³-hybridized carbons (Fsp3) is 0.312. The van der Waals surface area contributed by atoms with Gasteiger partial charge in [-0.25, -0.2) is 18.1 Å². The Hall–Kier alpha value is -2.30. The molecule has 1 heterocycles. The summed E-state index contributed by atoms with van der Waals surface area (Å²) in [6, 6.07) is 8.64. The Kier molecular flexibility index (Phi) is 6.83. The molecule has 26 heavy (non-hydrogen) atoms. The van der Waals surface area contributed by atoms with Crippen LogP contribution in [0.5, 0.6) is 0 Å². The van der Waals surface area contributed by atoms with Gasteiger partial charge in [-0.2, -0.15) is 0 Å². The van der Waals surface area contributed by atoms with Crippen LogP contribution in [0.4, 0.5) is 5.13 Å². The van der Waals surface area contributed by atoms with Gasteiger partial charge < -0.3 is 10.4 Å². The summed E-state index contributed by atoms with van der Waals surface area (Å²) in [6.07, 6.45) is 1.53. The zero-order valence-electron chi connectivity index (χ0n) is 14.0. The van der Waals surface area contributed by atoms with Crippen molar-refractivity contribution in [2.45, 2.75) is 36.4 Å². The number of carbonyl (C=O) groups is 2. The molecule has 1 unspecified atom stereocenters. The Balaban J connectivity index is 2.15. The third-order valence-corrected chi connectivity index (χ3v) is 6.28. The summed E-state index contributed by atoms with van der Waals surface area (Å²) in [7, 11) is -3.88. The number of carbonyl (C=O) groups excluding carboxylic acids is 1. The van der Waals surface area contributed by atoms with Crippen molar-refractivity contribution in [3.8, 4) is 0 Å². The lowest BCUT2D eigenvalue weighted by Crippen LogP contribution is -2.36. The van der Waals surface area contributed by atoms with E-state index < -0.39 is 22.0 Å². The van der Waals surface area contributed by atoms with Gasteiger partial charge in [0.25, 0.3) is 10.0 Å². The normalized spacial score (nSPS) is 12.5. The molecule has 1 amide bonds. The zero-order valence-corrected chi connectivity index (χ0v) is 15.6. The highest BCUT2D eigenvalue weighted by atomic mass is 32.2. The monoisotopic (exact) mass is 397 g/mol. The molecule has 0 saturated carbocycles. The van der Waals surface area contributed by atoms with Crippen LogP contribution in [-0.2, 0) is 26.0 Å². The predicted molar refractivity (Wildman–Crippen MR) is 97.5 cm³/mol. The van der Waals surface area contributed by atoms with E-state index in [-0.39, 0.29) is 28.1 Å². The van der Waals surface area contributed by atoms with Crippen molar-refractivity contribution in [2.75, 3.05) is 5.32 Å². The maximum absolute atomic E-state index is 12.6. The van der Waals surface area contributed by atoms with E-state index in [9.17, 15) is 18.0 Å². The van der Waals surface area contributed by atoms with Crippen molar-refractivity contribution in [2.24, 2.45) is 0 Å². The number of sulfonamides is 1. The predicted octanol–water partition coefficient (Wildman–Crippen LogP) is 1.86. The SMILES string of the molecule is CC(=O)Nc1ncc(S(=O)(=O)NC(CCC(=O)O)Cc2ccccc2)s1. The van der Waals surface area contributed by atoms with E-state index in [0.717, 1.165) is 23.1 Å². The first-order valence-corrected chi connectivity index (χ1v) is 10.1. The highest BCUT2D eigenvalue weighted by Gasteiger charge is 2.23. The molecular weight excluding hydrogens is 378 g/mol. The van der Waals surface area contributed by atoms with Crippen molar-refractivity contribution in [1.82, 2.24) is 9.71 Å². The Labute approximate surface area is 155 Å². The number of carboxylic acids is 1. The maximum Gasteiger partial charge on any atom is 0.303 e. The smallest absolute Gasteiger partial charge is 0.303 e. The Bertz CT molecular complexity index is 865. The van der Waals surface area contributed by atoms with Crippen molar-refractivity contribution in [3.63, 3.8) is 0 Å². The largest absolute Gasteiger partial charge is 0.481 e. The second kappa shape index (κ2) is 8.88.